The molecule has 0 bridgehead atoms. The molecule has 2 aromatic rings. The van der Waals surface area contributed by atoms with Crippen LogP contribution in [0.25, 0.3) is 0 Å². The van der Waals surface area contributed by atoms with E-state index < -0.39 is 5.92 Å². The average Bonchev–Trinajstić information content (AvgIpc) is 3.05. The molecule has 2 aromatic carbocycles. The molecule has 3 rings (SSSR count). The molecule has 1 fully saturated rings. The highest BCUT2D eigenvalue weighted by atomic mass is 35.5. The first kappa shape index (κ1) is 19.0. The van der Waals surface area contributed by atoms with E-state index in [1.54, 1.807) is 42.3 Å². The van der Waals surface area contributed by atoms with Crippen LogP contribution in [0.1, 0.15) is 12.0 Å². The minimum atomic E-state index is -0.456. The van der Waals surface area contributed by atoms with Crippen LogP contribution in [0.5, 0.6) is 11.5 Å². The third-order valence-electron chi connectivity index (χ3n) is 4.56. The first-order valence-corrected chi connectivity index (χ1v) is 8.90. The van der Waals surface area contributed by atoms with Crippen molar-refractivity contribution in [3.8, 4) is 11.5 Å². The van der Waals surface area contributed by atoms with Gasteiger partial charge in [-0.1, -0.05) is 17.7 Å². The standard InChI is InChI=1S/C20H21ClN2O4/c1-12-4-6-16(15(21)8-12)22-20(25)13-9-19(24)23(11-13)14-5-7-17(26-2)18(10-14)27-3/h4-8,10,13H,9,11H2,1-3H3,(H,22,25). The Balaban J connectivity index is 1.74. The Morgan fingerprint density at radius 3 is 2.56 bits per heavy atom. The summed E-state index contributed by atoms with van der Waals surface area (Å²) in [5.41, 5.74) is 2.22. The van der Waals surface area contributed by atoms with E-state index in [1.165, 1.54) is 7.11 Å². The maximum Gasteiger partial charge on any atom is 0.229 e. The fourth-order valence-corrected chi connectivity index (χ4v) is 3.36. The molecule has 0 radical (unpaired) electrons. The number of anilines is 2. The van der Waals surface area contributed by atoms with Gasteiger partial charge in [-0.25, -0.2) is 0 Å². The van der Waals surface area contributed by atoms with Gasteiger partial charge in [-0.3, -0.25) is 9.59 Å². The molecule has 2 amide bonds. The Morgan fingerprint density at radius 1 is 1.15 bits per heavy atom. The molecule has 0 aliphatic carbocycles. The molecule has 1 aliphatic rings. The fourth-order valence-electron chi connectivity index (χ4n) is 3.08. The molecule has 7 heteroatoms. The summed E-state index contributed by atoms with van der Waals surface area (Å²) in [5, 5.41) is 3.29. The predicted octanol–water partition coefficient (Wildman–Crippen LogP) is 3.66. The molecule has 0 spiro atoms. The number of nitrogens with one attached hydrogen (secondary N) is 1. The van der Waals surface area contributed by atoms with E-state index in [-0.39, 0.29) is 18.2 Å². The highest BCUT2D eigenvalue weighted by Crippen LogP contribution is 2.34. The average molecular weight is 389 g/mol. The van der Waals surface area contributed by atoms with Gasteiger partial charge in [0.25, 0.3) is 0 Å². The van der Waals surface area contributed by atoms with Gasteiger partial charge in [-0.05, 0) is 36.8 Å². The summed E-state index contributed by atoms with van der Waals surface area (Å²) >= 11 is 6.18. The van der Waals surface area contributed by atoms with Gasteiger partial charge in [-0.2, -0.15) is 0 Å². The maximum absolute atomic E-state index is 12.6. The van der Waals surface area contributed by atoms with E-state index in [2.05, 4.69) is 5.32 Å². The van der Waals surface area contributed by atoms with Crippen LogP contribution in [0.2, 0.25) is 5.02 Å². The van der Waals surface area contributed by atoms with Crippen LogP contribution in [0, 0.1) is 12.8 Å². The van der Waals surface area contributed by atoms with E-state index in [9.17, 15) is 9.59 Å². The SMILES string of the molecule is COc1ccc(N2CC(C(=O)Nc3ccc(C)cc3Cl)CC2=O)cc1OC. The summed E-state index contributed by atoms with van der Waals surface area (Å²) in [6.07, 6.45) is 0.143. The van der Waals surface area contributed by atoms with Crippen molar-refractivity contribution in [1.82, 2.24) is 0 Å². The number of hydrogen-bond donors (Lipinski definition) is 1. The Bertz CT molecular complexity index is 884. The lowest BCUT2D eigenvalue weighted by Crippen LogP contribution is -2.28. The second-order valence-corrected chi connectivity index (χ2v) is 6.82. The summed E-state index contributed by atoms with van der Waals surface area (Å²) in [5.74, 6) is 0.316. The minimum absolute atomic E-state index is 0.114. The monoisotopic (exact) mass is 388 g/mol. The first-order chi connectivity index (χ1) is 12.9. The largest absolute Gasteiger partial charge is 0.493 e. The van der Waals surface area contributed by atoms with Gasteiger partial charge in [-0.15, -0.1) is 0 Å². The van der Waals surface area contributed by atoms with Gasteiger partial charge in [0.2, 0.25) is 11.8 Å². The molecule has 1 heterocycles. The number of nitrogens with zero attached hydrogens (tertiary/aromatic N) is 1. The van der Waals surface area contributed by atoms with Crippen LogP contribution in [0.15, 0.2) is 36.4 Å². The normalized spacial score (nSPS) is 16.4. The third-order valence-corrected chi connectivity index (χ3v) is 4.87. The topological polar surface area (TPSA) is 67.9 Å². The fraction of sp³-hybridized carbons (Fsp3) is 0.300. The lowest BCUT2D eigenvalue weighted by atomic mass is 10.1. The highest BCUT2D eigenvalue weighted by Gasteiger charge is 2.35. The van der Waals surface area contributed by atoms with Crippen molar-refractivity contribution in [2.75, 3.05) is 31.0 Å². The Hall–Kier alpha value is -2.73. The van der Waals surface area contributed by atoms with Gasteiger partial charge in [0.15, 0.2) is 11.5 Å². The number of aryl methyl sites for hydroxylation is 1. The van der Waals surface area contributed by atoms with E-state index in [0.717, 1.165) is 5.56 Å². The van der Waals surface area contributed by atoms with Crippen LogP contribution in [-0.4, -0.2) is 32.6 Å². The van der Waals surface area contributed by atoms with Crippen molar-refractivity contribution in [3.63, 3.8) is 0 Å². The summed E-state index contributed by atoms with van der Waals surface area (Å²) < 4.78 is 10.5. The number of benzene rings is 2. The summed E-state index contributed by atoms with van der Waals surface area (Å²) in [4.78, 5) is 26.6. The zero-order chi connectivity index (χ0) is 19.6. The van der Waals surface area contributed by atoms with Gasteiger partial charge in [0.05, 0.1) is 30.8 Å². The Labute approximate surface area is 163 Å². The summed E-state index contributed by atoms with van der Waals surface area (Å²) in [7, 11) is 3.09. The molecule has 0 saturated carbocycles. The van der Waals surface area contributed by atoms with Crippen molar-refractivity contribution in [3.05, 3.63) is 47.0 Å². The smallest absolute Gasteiger partial charge is 0.229 e. The van der Waals surface area contributed by atoms with E-state index in [1.807, 2.05) is 13.0 Å². The molecule has 27 heavy (non-hydrogen) atoms. The quantitative estimate of drug-likeness (QED) is 0.848. The zero-order valence-electron chi connectivity index (χ0n) is 15.4. The van der Waals surface area contributed by atoms with Crippen molar-refractivity contribution in [2.45, 2.75) is 13.3 Å². The lowest BCUT2D eigenvalue weighted by Gasteiger charge is -2.18. The lowest BCUT2D eigenvalue weighted by molar-refractivity contribution is -0.122. The number of amides is 2. The summed E-state index contributed by atoms with van der Waals surface area (Å²) in [6, 6.07) is 10.7. The molecule has 1 aliphatic heterocycles. The first-order valence-electron chi connectivity index (χ1n) is 8.52. The summed E-state index contributed by atoms with van der Waals surface area (Å²) in [6.45, 7) is 2.22. The molecular formula is C20H21ClN2O4. The van der Waals surface area contributed by atoms with Crippen LogP contribution in [-0.2, 0) is 9.59 Å². The molecule has 0 aromatic heterocycles. The van der Waals surface area contributed by atoms with Crippen molar-refractivity contribution >= 4 is 34.8 Å². The number of carbonyl (C=O) groups is 2. The Morgan fingerprint density at radius 2 is 1.89 bits per heavy atom. The van der Waals surface area contributed by atoms with Crippen LogP contribution < -0.4 is 19.7 Å². The van der Waals surface area contributed by atoms with Gasteiger partial charge in [0, 0.05) is 24.7 Å². The maximum atomic E-state index is 12.6. The van der Waals surface area contributed by atoms with Gasteiger partial charge in [0.1, 0.15) is 0 Å². The molecule has 6 nitrogen and oxygen atoms in total. The Kier molecular flexibility index (Phi) is 5.56. The second kappa shape index (κ2) is 7.88. The molecule has 142 valence electrons. The third kappa shape index (κ3) is 4.01. The van der Waals surface area contributed by atoms with Crippen LogP contribution in [0.3, 0.4) is 0 Å². The number of methoxy groups -OCH3 is 2. The van der Waals surface area contributed by atoms with Crippen molar-refractivity contribution in [1.29, 1.82) is 0 Å². The molecule has 1 N–H and O–H groups in total. The predicted molar refractivity (Wildman–Crippen MR) is 105 cm³/mol. The highest BCUT2D eigenvalue weighted by molar-refractivity contribution is 6.33. The van der Waals surface area contributed by atoms with Crippen molar-refractivity contribution in [2.24, 2.45) is 5.92 Å². The second-order valence-electron chi connectivity index (χ2n) is 6.42. The van der Waals surface area contributed by atoms with E-state index in [4.69, 9.17) is 21.1 Å². The minimum Gasteiger partial charge on any atom is -0.493 e. The molecule has 1 atom stereocenters. The molecular weight excluding hydrogens is 368 g/mol. The van der Waals surface area contributed by atoms with Crippen LogP contribution in [0.4, 0.5) is 11.4 Å². The molecule has 1 unspecified atom stereocenters. The van der Waals surface area contributed by atoms with Gasteiger partial charge >= 0.3 is 0 Å². The zero-order valence-corrected chi connectivity index (χ0v) is 16.2. The van der Waals surface area contributed by atoms with Crippen molar-refractivity contribution < 1.29 is 19.1 Å². The van der Waals surface area contributed by atoms with E-state index >= 15 is 0 Å². The number of rotatable bonds is 5. The van der Waals surface area contributed by atoms with Gasteiger partial charge < -0.3 is 19.7 Å². The van der Waals surface area contributed by atoms with Crippen LogP contribution >= 0.6 is 11.6 Å². The number of halogens is 1. The number of carbonyl (C=O) groups excluding carboxylic acids is 2. The van der Waals surface area contributed by atoms with E-state index in [0.29, 0.717) is 34.4 Å². The number of ether oxygens (including phenoxy) is 2. The molecule has 1 saturated heterocycles. The number of hydrogen-bond acceptors (Lipinski definition) is 4.